The Morgan fingerprint density at radius 3 is 2.62 bits per heavy atom. The molecule has 0 aliphatic carbocycles. The summed E-state index contributed by atoms with van der Waals surface area (Å²) in [7, 11) is 0. The van der Waals surface area contributed by atoms with Crippen molar-refractivity contribution in [1.29, 1.82) is 0 Å². The van der Waals surface area contributed by atoms with E-state index in [-0.39, 0.29) is 6.61 Å². The van der Waals surface area contributed by atoms with Gasteiger partial charge in [0.05, 0.1) is 11.3 Å². The van der Waals surface area contributed by atoms with E-state index in [1.165, 1.54) is 19.8 Å². The number of thiophene rings is 2. The Labute approximate surface area is 102 Å². The van der Waals surface area contributed by atoms with Crippen molar-refractivity contribution < 1.29 is 5.11 Å². The molecule has 0 saturated heterocycles. The highest BCUT2D eigenvalue weighted by atomic mass is 32.1. The fourth-order valence-corrected chi connectivity index (χ4v) is 4.21. The van der Waals surface area contributed by atoms with Crippen molar-refractivity contribution in [2.75, 3.05) is 0 Å². The lowest BCUT2D eigenvalue weighted by atomic mass is 10.1. The lowest BCUT2D eigenvalue weighted by molar-refractivity contribution is 0.284. The minimum absolute atomic E-state index is 0.116. The number of hydrogen-bond acceptors (Lipinski definition) is 3. The smallest absolute Gasteiger partial charge is 0.0710 e. The first-order valence-corrected chi connectivity index (χ1v) is 6.75. The number of rotatable bonds is 2. The number of benzene rings is 1. The minimum atomic E-state index is 0.116. The van der Waals surface area contributed by atoms with E-state index in [9.17, 15) is 5.11 Å². The summed E-state index contributed by atoms with van der Waals surface area (Å²) in [6.07, 6.45) is 0. The third kappa shape index (κ3) is 1.48. The average Bonchev–Trinajstić information content (AvgIpc) is 2.89. The second-order valence-electron chi connectivity index (χ2n) is 3.55. The highest BCUT2D eigenvalue weighted by molar-refractivity contribution is 7.29. The van der Waals surface area contributed by atoms with E-state index in [1.807, 2.05) is 18.2 Å². The van der Waals surface area contributed by atoms with Crippen LogP contribution in [0.25, 0.3) is 19.8 Å². The highest BCUT2D eigenvalue weighted by Gasteiger charge is 2.13. The molecule has 3 heteroatoms. The lowest BCUT2D eigenvalue weighted by Gasteiger charge is -2.00. The summed E-state index contributed by atoms with van der Waals surface area (Å²) in [5.41, 5.74) is 2.26. The molecule has 1 N–H and O–H groups in total. The molecule has 0 fully saturated rings. The van der Waals surface area contributed by atoms with Crippen LogP contribution in [0.4, 0.5) is 0 Å². The first kappa shape index (κ1) is 10.0. The zero-order chi connectivity index (χ0) is 11.0. The van der Waals surface area contributed by atoms with Crippen LogP contribution in [-0.2, 0) is 6.61 Å². The summed E-state index contributed by atoms with van der Waals surface area (Å²) in [6.45, 7) is 0.116. The number of hydrogen-bond donors (Lipinski definition) is 1. The molecule has 3 rings (SSSR count). The van der Waals surface area contributed by atoms with Gasteiger partial charge in [-0.1, -0.05) is 30.3 Å². The van der Waals surface area contributed by atoms with Crippen molar-refractivity contribution >= 4 is 32.1 Å². The molecule has 2 heterocycles. The first-order valence-electron chi connectivity index (χ1n) is 5.05. The van der Waals surface area contributed by atoms with Crippen LogP contribution in [0.5, 0.6) is 0 Å². The maximum Gasteiger partial charge on any atom is 0.0710 e. The molecular weight excluding hydrogens is 236 g/mol. The van der Waals surface area contributed by atoms with Crippen LogP contribution < -0.4 is 0 Å². The first-order chi connectivity index (χ1) is 7.90. The molecule has 1 nitrogen and oxygen atoms in total. The van der Waals surface area contributed by atoms with Crippen molar-refractivity contribution in [3.05, 3.63) is 47.3 Å². The third-order valence-corrected chi connectivity index (χ3v) is 4.93. The van der Waals surface area contributed by atoms with Gasteiger partial charge in [-0.25, -0.2) is 0 Å². The van der Waals surface area contributed by atoms with Crippen LogP contribution in [-0.4, -0.2) is 5.11 Å². The van der Waals surface area contributed by atoms with Crippen LogP contribution >= 0.6 is 22.7 Å². The van der Waals surface area contributed by atoms with Crippen molar-refractivity contribution in [1.82, 2.24) is 0 Å². The van der Waals surface area contributed by atoms with E-state index in [4.69, 9.17) is 0 Å². The SMILES string of the molecule is OCc1c(-c2ccccc2)sc2ccsc12. The quantitative estimate of drug-likeness (QED) is 0.721. The summed E-state index contributed by atoms with van der Waals surface area (Å²) in [6, 6.07) is 12.4. The fourth-order valence-electron chi connectivity index (χ4n) is 1.84. The Bertz CT molecular complexity index is 607. The van der Waals surface area contributed by atoms with Gasteiger partial charge in [-0.2, -0.15) is 0 Å². The molecule has 0 aliphatic rings. The molecule has 0 aliphatic heterocycles. The second-order valence-corrected chi connectivity index (χ2v) is 5.52. The molecular formula is C13H10OS2. The van der Waals surface area contributed by atoms with E-state index < -0.39 is 0 Å². The number of aliphatic hydroxyl groups is 1. The van der Waals surface area contributed by atoms with E-state index in [1.54, 1.807) is 22.7 Å². The molecule has 0 radical (unpaired) electrons. The van der Waals surface area contributed by atoms with E-state index >= 15 is 0 Å². The molecule has 0 spiro atoms. The third-order valence-electron chi connectivity index (χ3n) is 2.58. The predicted molar refractivity (Wildman–Crippen MR) is 71.1 cm³/mol. The summed E-state index contributed by atoms with van der Waals surface area (Å²) in [5, 5.41) is 11.6. The van der Waals surface area contributed by atoms with Crippen molar-refractivity contribution in [2.45, 2.75) is 6.61 Å². The van der Waals surface area contributed by atoms with Crippen molar-refractivity contribution in [3.63, 3.8) is 0 Å². The molecule has 80 valence electrons. The largest absolute Gasteiger partial charge is 0.392 e. The van der Waals surface area contributed by atoms with Crippen molar-refractivity contribution in [3.8, 4) is 10.4 Å². The maximum absolute atomic E-state index is 9.50. The van der Waals surface area contributed by atoms with Gasteiger partial charge in [0.2, 0.25) is 0 Å². The summed E-state index contributed by atoms with van der Waals surface area (Å²) >= 11 is 3.46. The zero-order valence-electron chi connectivity index (χ0n) is 8.51. The molecule has 1 aromatic carbocycles. The summed E-state index contributed by atoms with van der Waals surface area (Å²) < 4.78 is 2.50. The van der Waals surface area contributed by atoms with Gasteiger partial charge < -0.3 is 5.11 Å². The van der Waals surface area contributed by atoms with Gasteiger partial charge in [-0.05, 0) is 17.0 Å². The van der Waals surface area contributed by atoms with Gasteiger partial charge in [-0.15, -0.1) is 22.7 Å². The van der Waals surface area contributed by atoms with E-state index in [0.29, 0.717) is 0 Å². The van der Waals surface area contributed by atoms with Gasteiger partial charge in [0.25, 0.3) is 0 Å². The zero-order valence-corrected chi connectivity index (χ0v) is 10.1. The number of fused-ring (bicyclic) bond motifs is 1. The molecule has 0 unspecified atom stereocenters. The molecule has 2 aromatic heterocycles. The highest BCUT2D eigenvalue weighted by Crippen LogP contribution is 2.41. The van der Waals surface area contributed by atoms with Crippen molar-refractivity contribution in [2.24, 2.45) is 0 Å². The molecule has 0 amide bonds. The summed E-state index contributed by atoms with van der Waals surface area (Å²) in [4.78, 5) is 1.20. The fraction of sp³-hybridized carbons (Fsp3) is 0.0769. The molecule has 0 bridgehead atoms. The predicted octanol–water partition coefficient (Wildman–Crippen LogP) is 4.12. The number of aliphatic hydroxyl groups excluding tert-OH is 1. The molecule has 0 atom stereocenters. The van der Waals surface area contributed by atoms with Crippen LogP contribution in [0.2, 0.25) is 0 Å². The second kappa shape index (κ2) is 4.01. The van der Waals surface area contributed by atoms with E-state index in [2.05, 4.69) is 23.6 Å². The van der Waals surface area contributed by atoms with Gasteiger partial charge in [0, 0.05) is 15.1 Å². The normalized spacial score (nSPS) is 11.1. The Hall–Kier alpha value is -1.16. The van der Waals surface area contributed by atoms with Gasteiger partial charge in [0.1, 0.15) is 0 Å². The molecule has 16 heavy (non-hydrogen) atoms. The van der Waals surface area contributed by atoms with Crippen LogP contribution in [0.3, 0.4) is 0 Å². The standard InChI is InChI=1S/C13H10OS2/c14-8-10-12(9-4-2-1-3-5-9)16-11-6-7-15-13(10)11/h1-7,14H,8H2. The lowest BCUT2D eigenvalue weighted by Crippen LogP contribution is -1.82. The van der Waals surface area contributed by atoms with E-state index in [0.717, 1.165) is 5.56 Å². The molecule has 3 aromatic rings. The van der Waals surface area contributed by atoms with Crippen LogP contribution in [0, 0.1) is 0 Å². The van der Waals surface area contributed by atoms with Crippen LogP contribution in [0.15, 0.2) is 41.8 Å². The topological polar surface area (TPSA) is 20.2 Å². The Balaban J connectivity index is 2.27. The van der Waals surface area contributed by atoms with Gasteiger partial charge >= 0.3 is 0 Å². The summed E-state index contributed by atoms with van der Waals surface area (Å²) in [5.74, 6) is 0. The minimum Gasteiger partial charge on any atom is -0.392 e. The maximum atomic E-state index is 9.50. The Morgan fingerprint density at radius 2 is 1.88 bits per heavy atom. The monoisotopic (exact) mass is 246 g/mol. The van der Waals surface area contributed by atoms with Gasteiger partial charge in [-0.3, -0.25) is 0 Å². The Morgan fingerprint density at radius 1 is 1.06 bits per heavy atom. The molecule has 0 saturated carbocycles. The Kier molecular flexibility index (Phi) is 2.52. The van der Waals surface area contributed by atoms with Gasteiger partial charge in [0.15, 0.2) is 0 Å². The van der Waals surface area contributed by atoms with Crippen LogP contribution in [0.1, 0.15) is 5.56 Å². The average molecular weight is 246 g/mol.